The Hall–Kier alpha value is -2.27. The molecule has 11 heteroatoms. The smallest absolute Gasteiger partial charge is 0.352 e. The molecular formula is C10H14N6O4S. The molecule has 4 N–H and O–H groups in total. The maximum Gasteiger partial charge on any atom is 0.352 e. The van der Waals surface area contributed by atoms with E-state index in [0.29, 0.717) is 0 Å². The first kappa shape index (κ1) is 15.1. The number of H-pyrrole nitrogens is 2. The van der Waals surface area contributed by atoms with Gasteiger partial charge in [0.2, 0.25) is 10.0 Å². The van der Waals surface area contributed by atoms with E-state index in [4.69, 9.17) is 5.11 Å². The third-order valence-electron chi connectivity index (χ3n) is 2.93. The van der Waals surface area contributed by atoms with Crippen LogP contribution in [0.25, 0.3) is 0 Å². The summed E-state index contributed by atoms with van der Waals surface area (Å²) < 4.78 is 27.2. The highest BCUT2D eigenvalue weighted by atomic mass is 32.2. The van der Waals surface area contributed by atoms with Crippen molar-refractivity contribution in [3.8, 4) is 0 Å². The average molecular weight is 314 g/mol. The summed E-state index contributed by atoms with van der Waals surface area (Å²) in [7, 11) is -3.93. The van der Waals surface area contributed by atoms with Crippen molar-refractivity contribution in [2.45, 2.75) is 31.7 Å². The van der Waals surface area contributed by atoms with E-state index in [1.807, 2.05) is 0 Å². The molecule has 1 atom stereocenters. The largest absolute Gasteiger partial charge is 0.477 e. The second kappa shape index (κ2) is 5.26. The van der Waals surface area contributed by atoms with Gasteiger partial charge in [0.15, 0.2) is 5.82 Å². The molecule has 2 heterocycles. The average Bonchev–Trinajstić information content (AvgIpc) is 2.96. The number of carboxylic acid groups (broad SMARTS) is 1. The number of hydrogen-bond acceptors (Lipinski definition) is 6. The van der Waals surface area contributed by atoms with Crippen LogP contribution in [0.4, 0.5) is 0 Å². The molecule has 21 heavy (non-hydrogen) atoms. The van der Waals surface area contributed by atoms with Gasteiger partial charge in [-0.2, -0.15) is 5.21 Å². The fourth-order valence-corrected chi connectivity index (χ4v) is 3.70. The summed E-state index contributed by atoms with van der Waals surface area (Å²) in [6, 6.07) is -0.712. The van der Waals surface area contributed by atoms with E-state index in [1.165, 1.54) is 13.8 Å². The number of aryl methyl sites for hydroxylation is 1. The number of nitrogens with zero attached hydrogens (tertiary/aromatic N) is 3. The molecule has 10 nitrogen and oxygen atoms in total. The monoisotopic (exact) mass is 314 g/mol. The van der Waals surface area contributed by atoms with Crippen LogP contribution in [-0.4, -0.2) is 45.1 Å². The van der Waals surface area contributed by atoms with Gasteiger partial charge in [-0.05, 0) is 20.8 Å². The first-order valence-electron chi connectivity index (χ1n) is 5.92. The Bertz CT molecular complexity index is 764. The highest BCUT2D eigenvalue weighted by Gasteiger charge is 2.28. The lowest BCUT2D eigenvalue weighted by Crippen LogP contribution is -2.28. The molecule has 0 aliphatic heterocycles. The first-order chi connectivity index (χ1) is 9.74. The molecule has 1 unspecified atom stereocenters. The van der Waals surface area contributed by atoms with Crippen LogP contribution < -0.4 is 4.72 Å². The molecule has 114 valence electrons. The number of sulfonamides is 1. The third-order valence-corrected chi connectivity index (χ3v) is 4.75. The summed E-state index contributed by atoms with van der Waals surface area (Å²) in [5, 5.41) is 22.0. The van der Waals surface area contributed by atoms with E-state index in [9.17, 15) is 13.2 Å². The van der Waals surface area contributed by atoms with Crippen LogP contribution in [0, 0.1) is 13.8 Å². The van der Waals surface area contributed by atoms with Crippen molar-refractivity contribution >= 4 is 16.0 Å². The zero-order chi connectivity index (χ0) is 15.8. The molecule has 0 saturated carbocycles. The Labute approximate surface area is 120 Å². The highest BCUT2D eigenvalue weighted by molar-refractivity contribution is 7.89. The van der Waals surface area contributed by atoms with Gasteiger partial charge in [-0.25, -0.2) is 17.9 Å². The number of rotatable bonds is 5. The first-order valence-corrected chi connectivity index (χ1v) is 7.40. The standard InChI is InChI=1S/C10H14N6O4S/c1-4-7(10(17)18)11-5(2)8(4)21(19,20)14-6(3)9-12-15-16-13-9/h6,11,14H,1-3H3,(H,17,18)(H,12,13,15,16). The van der Waals surface area contributed by atoms with Crippen LogP contribution in [0.5, 0.6) is 0 Å². The molecule has 0 bridgehead atoms. The van der Waals surface area contributed by atoms with E-state index in [2.05, 4.69) is 30.3 Å². The SMILES string of the molecule is Cc1[nH]c(C(=O)O)c(C)c1S(=O)(=O)NC(C)c1nn[nH]n1. The van der Waals surface area contributed by atoms with Crippen LogP contribution in [0.3, 0.4) is 0 Å². The summed E-state index contributed by atoms with van der Waals surface area (Å²) in [4.78, 5) is 13.5. The van der Waals surface area contributed by atoms with Crippen LogP contribution in [0.15, 0.2) is 4.90 Å². The molecule has 2 rings (SSSR count). The van der Waals surface area contributed by atoms with Crippen molar-refractivity contribution in [1.29, 1.82) is 0 Å². The minimum Gasteiger partial charge on any atom is -0.477 e. The minimum atomic E-state index is -3.93. The maximum atomic E-state index is 12.4. The number of aromatic amines is 2. The molecule has 0 saturated heterocycles. The predicted octanol–water partition coefficient (Wildman–Crippen LogP) is -0.118. The topological polar surface area (TPSA) is 154 Å². The quantitative estimate of drug-likeness (QED) is 0.600. The molecule has 0 aliphatic rings. The van der Waals surface area contributed by atoms with Crippen molar-refractivity contribution in [3.63, 3.8) is 0 Å². The van der Waals surface area contributed by atoms with Crippen LogP contribution in [0.2, 0.25) is 0 Å². The molecule has 0 spiro atoms. The molecule has 2 aromatic rings. The van der Waals surface area contributed by atoms with Gasteiger partial charge in [0, 0.05) is 11.3 Å². The van der Waals surface area contributed by atoms with E-state index in [1.54, 1.807) is 6.92 Å². The molecule has 0 fully saturated rings. The summed E-state index contributed by atoms with van der Waals surface area (Å²) in [6.07, 6.45) is 0. The number of tetrazole rings is 1. The number of hydrogen-bond donors (Lipinski definition) is 4. The molecule has 0 radical (unpaired) electrons. The lowest BCUT2D eigenvalue weighted by atomic mass is 10.2. The zero-order valence-corrected chi connectivity index (χ0v) is 12.3. The number of nitrogens with one attached hydrogen (secondary N) is 3. The third kappa shape index (κ3) is 2.78. The Morgan fingerprint density at radius 1 is 1.38 bits per heavy atom. The second-order valence-corrected chi connectivity index (χ2v) is 6.15. The van der Waals surface area contributed by atoms with Crippen LogP contribution in [0.1, 0.15) is 40.5 Å². The molecule has 0 amide bonds. The van der Waals surface area contributed by atoms with Gasteiger partial charge in [0.25, 0.3) is 0 Å². The zero-order valence-electron chi connectivity index (χ0n) is 11.5. The fourth-order valence-electron chi connectivity index (χ4n) is 2.05. The molecule has 0 aromatic carbocycles. The van der Waals surface area contributed by atoms with Gasteiger partial charge in [-0.3, -0.25) is 0 Å². The van der Waals surface area contributed by atoms with Crippen molar-refractivity contribution in [2.24, 2.45) is 0 Å². The maximum absolute atomic E-state index is 12.4. The van der Waals surface area contributed by atoms with E-state index in [0.717, 1.165) is 0 Å². The fraction of sp³-hybridized carbons (Fsp3) is 0.400. The molecule has 2 aromatic heterocycles. The number of aromatic nitrogens is 5. The Morgan fingerprint density at radius 2 is 2.05 bits per heavy atom. The lowest BCUT2D eigenvalue weighted by Gasteiger charge is -2.11. The Balaban J connectivity index is 2.39. The van der Waals surface area contributed by atoms with Gasteiger partial charge < -0.3 is 10.1 Å². The van der Waals surface area contributed by atoms with Gasteiger partial charge in [-0.15, -0.1) is 10.2 Å². The van der Waals surface area contributed by atoms with Crippen molar-refractivity contribution in [1.82, 2.24) is 30.3 Å². The van der Waals surface area contributed by atoms with Crippen molar-refractivity contribution < 1.29 is 18.3 Å². The summed E-state index contributed by atoms with van der Waals surface area (Å²) in [5.74, 6) is -1.04. The Kier molecular flexibility index (Phi) is 3.78. The molecular weight excluding hydrogens is 300 g/mol. The predicted molar refractivity (Wildman–Crippen MR) is 70.1 cm³/mol. The normalized spacial score (nSPS) is 13.3. The van der Waals surface area contributed by atoms with Crippen molar-refractivity contribution in [2.75, 3.05) is 0 Å². The number of aromatic carboxylic acids is 1. The van der Waals surface area contributed by atoms with E-state index >= 15 is 0 Å². The summed E-state index contributed by atoms with van der Waals surface area (Å²) in [6.45, 7) is 4.48. The van der Waals surface area contributed by atoms with Gasteiger partial charge in [0.1, 0.15) is 10.6 Å². The van der Waals surface area contributed by atoms with Crippen molar-refractivity contribution in [3.05, 3.63) is 22.8 Å². The Morgan fingerprint density at radius 3 is 2.52 bits per heavy atom. The summed E-state index contributed by atoms with van der Waals surface area (Å²) in [5.41, 5.74) is 0.241. The highest BCUT2D eigenvalue weighted by Crippen LogP contribution is 2.24. The van der Waals surface area contributed by atoms with Gasteiger partial charge in [0.05, 0.1) is 6.04 Å². The number of carboxylic acids is 1. The lowest BCUT2D eigenvalue weighted by molar-refractivity contribution is 0.0690. The second-order valence-electron chi connectivity index (χ2n) is 4.50. The molecule has 0 aliphatic carbocycles. The number of carbonyl (C=O) groups is 1. The summed E-state index contributed by atoms with van der Waals surface area (Å²) >= 11 is 0. The van der Waals surface area contributed by atoms with Gasteiger partial charge in [-0.1, -0.05) is 5.21 Å². The van der Waals surface area contributed by atoms with E-state index < -0.39 is 22.0 Å². The van der Waals surface area contributed by atoms with Crippen LogP contribution >= 0.6 is 0 Å². The van der Waals surface area contributed by atoms with Gasteiger partial charge >= 0.3 is 5.97 Å². The van der Waals surface area contributed by atoms with Crippen LogP contribution in [-0.2, 0) is 10.0 Å². The minimum absolute atomic E-state index is 0.0877. The van der Waals surface area contributed by atoms with E-state index in [-0.39, 0.29) is 27.7 Å².